The van der Waals surface area contributed by atoms with E-state index < -0.39 is 0 Å². The molecule has 126 valence electrons. The van der Waals surface area contributed by atoms with Gasteiger partial charge in [0, 0.05) is 4.47 Å². The van der Waals surface area contributed by atoms with Crippen LogP contribution in [-0.2, 0) is 9.59 Å². The number of hydrazine groups is 1. The number of hydrogen-bond donors (Lipinski definition) is 3. The van der Waals surface area contributed by atoms with Crippen LogP contribution >= 0.6 is 15.9 Å². The van der Waals surface area contributed by atoms with Crippen molar-refractivity contribution in [2.24, 2.45) is 0 Å². The summed E-state index contributed by atoms with van der Waals surface area (Å²) in [5, 5.41) is 0. The fraction of sp³-hybridized carbons (Fsp3) is 0.500. The zero-order valence-corrected chi connectivity index (χ0v) is 14.7. The van der Waals surface area contributed by atoms with E-state index in [1.165, 1.54) is 24.2 Å². The van der Waals surface area contributed by atoms with Gasteiger partial charge in [0.1, 0.15) is 5.75 Å². The Hall–Kier alpha value is -1.60. The molecule has 1 aromatic rings. The molecule has 0 unspecified atom stereocenters. The van der Waals surface area contributed by atoms with Gasteiger partial charge in [0.25, 0.3) is 5.91 Å². The van der Waals surface area contributed by atoms with Crippen LogP contribution in [0.1, 0.15) is 25.7 Å². The van der Waals surface area contributed by atoms with Crippen LogP contribution in [0.2, 0.25) is 0 Å². The molecule has 7 heteroatoms. The number of likely N-dealkylation sites (tertiary alicyclic amines) is 1. The third-order valence-corrected chi connectivity index (χ3v) is 4.32. The van der Waals surface area contributed by atoms with Gasteiger partial charge < -0.3 is 9.64 Å². The highest BCUT2D eigenvalue weighted by molar-refractivity contribution is 9.10. The summed E-state index contributed by atoms with van der Waals surface area (Å²) in [5.41, 5.74) is 4.80. The molecule has 23 heavy (non-hydrogen) atoms. The van der Waals surface area contributed by atoms with Crippen molar-refractivity contribution in [3.63, 3.8) is 0 Å². The van der Waals surface area contributed by atoms with Gasteiger partial charge in [-0.2, -0.15) is 0 Å². The lowest BCUT2D eigenvalue weighted by molar-refractivity contribution is -0.904. The van der Waals surface area contributed by atoms with Crippen LogP contribution in [-0.4, -0.2) is 38.1 Å². The molecule has 1 fully saturated rings. The fourth-order valence-electron chi connectivity index (χ4n) is 2.51. The molecule has 2 amide bonds. The summed E-state index contributed by atoms with van der Waals surface area (Å²) in [5.74, 6) is 0.0510. The number of ether oxygens (including phenoxy) is 1. The molecule has 1 aliphatic heterocycles. The number of carbonyl (C=O) groups is 2. The van der Waals surface area contributed by atoms with Crippen molar-refractivity contribution < 1.29 is 19.2 Å². The number of rotatable bonds is 6. The molecule has 6 nitrogen and oxygen atoms in total. The zero-order valence-electron chi connectivity index (χ0n) is 13.1. The van der Waals surface area contributed by atoms with Gasteiger partial charge in [-0.15, -0.1) is 0 Å². The molecule has 1 heterocycles. The molecule has 3 N–H and O–H groups in total. The molecule has 0 spiro atoms. The first kappa shape index (κ1) is 17.7. The predicted molar refractivity (Wildman–Crippen MR) is 90.0 cm³/mol. The van der Waals surface area contributed by atoms with E-state index in [2.05, 4.69) is 26.8 Å². The van der Waals surface area contributed by atoms with Crippen molar-refractivity contribution in [2.45, 2.75) is 25.7 Å². The van der Waals surface area contributed by atoms with Crippen LogP contribution in [0.3, 0.4) is 0 Å². The van der Waals surface area contributed by atoms with Crippen molar-refractivity contribution in [3.8, 4) is 5.75 Å². The fourth-order valence-corrected chi connectivity index (χ4v) is 2.77. The van der Waals surface area contributed by atoms with Gasteiger partial charge in [0.05, 0.1) is 26.1 Å². The SMILES string of the molecule is O=C(CC[NH+]1CCCCC1)NNC(=O)COc1ccc(Br)cc1. The first-order valence-electron chi connectivity index (χ1n) is 7.93. The molecule has 1 aliphatic rings. The number of amides is 2. The normalized spacial score (nSPS) is 15.0. The Kier molecular flexibility index (Phi) is 7.35. The Labute approximate surface area is 144 Å². The molecule has 1 saturated heterocycles. The van der Waals surface area contributed by atoms with E-state index in [1.54, 1.807) is 12.1 Å². The zero-order chi connectivity index (χ0) is 16.5. The molecule has 0 saturated carbocycles. The molecule has 0 aromatic heterocycles. The summed E-state index contributed by atoms with van der Waals surface area (Å²) in [6.07, 6.45) is 4.19. The summed E-state index contributed by atoms with van der Waals surface area (Å²) < 4.78 is 6.26. The minimum Gasteiger partial charge on any atom is -0.484 e. The first-order valence-corrected chi connectivity index (χ1v) is 8.72. The van der Waals surface area contributed by atoms with Crippen LogP contribution in [0.15, 0.2) is 28.7 Å². The molecular weight excluding hydrogens is 362 g/mol. The highest BCUT2D eigenvalue weighted by atomic mass is 79.9. The van der Waals surface area contributed by atoms with Gasteiger partial charge in [-0.1, -0.05) is 15.9 Å². The highest BCUT2D eigenvalue weighted by Gasteiger charge is 2.15. The number of quaternary nitrogens is 1. The van der Waals surface area contributed by atoms with Crippen LogP contribution in [0.25, 0.3) is 0 Å². The first-order chi connectivity index (χ1) is 11.1. The third-order valence-electron chi connectivity index (χ3n) is 3.79. The Morgan fingerprint density at radius 1 is 1.04 bits per heavy atom. The van der Waals surface area contributed by atoms with Gasteiger partial charge in [-0.3, -0.25) is 20.4 Å². The molecular formula is C16H23BrN3O3+. The lowest BCUT2D eigenvalue weighted by Gasteiger charge is -2.23. The number of nitrogens with one attached hydrogen (secondary N) is 3. The third kappa shape index (κ3) is 7.00. The lowest BCUT2D eigenvalue weighted by Crippen LogP contribution is -3.12. The Morgan fingerprint density at radius 2 is 1.70 bits per heavy atom. The van der Waals surface area contributed by atoms with Gasteiger partial charge in [0.2, 0.25) is 5.91 Å². The van der Waals surface area contributed by atoms with E-state index in [4.69, 9.17) is 4.74 Å². The number of benzene rings is 1. The van der Waals surface area contributed by atoms with E-state index >= 15 is 0 Å². The molecule has 0 aliphatic carbocycles. The molecule has 1 aromatic carbocycles. The Balaban J connectivity index is 1.57. The largest absolute Gasteiger partial charge is 0.484 e. The summed E-state index contributed by atoms with van der Waals surface area (Å²) in [6.45, 7) is 2.96. The molecule has 2 rings (SSSR count). The van der Waals surface area contributed by atoms with Gasteiger partial charge in [0.15, 0.2) is 6.61 Å². The minimum absolute atomic E-state index is 0.140. The van der Waals surface area contributed by atoms with Gasteiger partial charge in [-0.25, -0.2) is 0 Å². The number of carbonyl (C=O) groups excluding carboxylic acids is 2. The molecule has 0 atom stereocenters. The monoisotopic (exact) mass is 384 g/mol. The van der Waals surface area contributed by atoms with Crippen molar-refractivity contribution in [2.75, 3.05) is 26.2 Å². The van der Waals surface area contributed by atoms with Crippen LogP contribution in [0, 0.1) is 0 Å². The highest BCUT2D eigenvalue weighted by Crippen LogP contribution is 2.15. The van der Waals surface area contributed by atoms with Gasteiger partial charge >= 0.3 is 0 Å². The van der Waals surface area contributed by atoms with E-state index in [1.807, 2.05) is 12.1 Å². The van der Waals surface area contributed by atoms with E-state index in [0.29, 0.717) is 12.2 Å². The number of halogens is 1. The van der Waals surface area contributed by atoms with Crippen molar-refractivity contribution in [1.29, 1.82) is 0 Å². The second-order valence-corrected chi connectivity index (χ2v) is 6.57. The van der Waals surface area contributed by atoms with E-state index in [-0.39, 0.29) is 18.4 Å². The quantitative estimate of drug-likeness (QED) is 0.623. The number of hydrogen-bond acceptors (Lipinski definition) is 3. The van der Waals surface area contributed by atoms with E-state index in [9.17, 15) is 9.59 Å². The second kappa shape index (κ2) is 9.52. The minimum atomic E-state index is -0.383. The average molecular weight is 385 g/mol. The Bertz CT molecular complexity index is 516. The van der Waals surface area contributed by atoms with Gasteiger partial charge in [-0.05, 0) is 43.5 Å². The van der Waals surface area contributed by atoms with E-state index in [0.717, 1.165) is 24.1 Å². The molecule has 0 radical (unpaired) electrons. The summed E-state index contributed by atoms with van der Waals surface area (Å²) in [7, 11) is 0. The summed E-state index contributed by atoms with van der Waals surface area (Å²) in [6, 6.07) is 7.19. The Morgan fingerprint density at radius 3 is 2.39 bits per heavy atom. The molecule has 0 bridgehead atoms. The van der Waals surface area contributed by atoms with Crippen molar-refractivity contribution in [1.82, 2.24) is 10.9 Å². The summed E-state index contributed by atoms with van der Waals surface area (Å²) in [4.78, 5) is 24.8. The van der Waals surface area contributed by atoms with Crippen LogP contribution in [0.4, 0.5) is 0 Å². The predicted octanol–water partition coefficient (Wildman–Crippen LogP) is 0.434. The maximum Gasteiger partial charge on any atom is 0.276 e. The average Bonchev–Trinajstić information content (AvgIpc) is 2.58. The summed E-state index contributed by atoms with van der Waals surface area (Å²) >= 11 is 3.33. The smallest absolute Gasteiger partial charge is 0.276 e. The van der Waals surface area contributed by atoms with Crippen molar-refractivity contribution >= 4 is 27.7 Å². The second-order valence-electron chi connectivity index (χ2n) is 5.65. The van der Waals surface area contributed by atoms with Crippen LogP contribution in [0.5, 0.6) is 5.75 Å². The topological polar surface area (TPSA) is 71.9 Å². The number of piperidine rings is 1. The van der Waals surface area contributed by atoms with Crippen LogP contribution < -0.4 is 20.5 Å². The van der Waals surface area contributed by atoms with Crippen molar-refractivity contribution in [3.05, 3.63) is 28.7 Å². The maximum absolute atomic E-state index is 11.7. The lowest BCUT2D eigenvalue weighted by atomic mass is 10.1. The maximum atomic E-state index is 11.7. The standard InChI is InChI=1S/C16H22BrN3O3/c17-13-4-6-14(7-5-13)23-12-16(22)19-18-15(21)8-11-20-9-2-1-3-10-20/h4-7H,1-3,8-12H2,(H,18,21)(H,19,22)/p+1.